The number of nitrogens with two attached hydrogens (primary N) is 1. The third-order valence-electron chi connectivity index (χ3n) is 4.13. The fourth-order valence-electron chi connectivity index (χ4n) is 3.18. The van der Waals surface area contributed by atoms with Crippen molar-refractivity contribution in [1.82, 2.24) is 9.88 Å². The summed E-state index contributed by atoms with van der Waals surface area (Å²) in [6.45, 7) is 1.33. The number of fused-ring (bicyclic) bond motifs is 3. The first-order chi connectivity index (χ1) is 9.72. The quantitative estimate of drug-likeness (QED) is 0.870. The highest BCUT2D eigenvalue weighted by atomic mass is 32.1. The minimum absolute atomic E-state index is 0.106. The van der Waals surface area contributed by atoms with Crippen LogP contribution in [0.2, 0.25) is 0 Å². The molecule has 2 saturated heterocycles. The zero-order valence-corrected chi connectivity index (χ0v) is 11.7. The van der Waals surface area contributed by atoms with Crippen molar-refractivity contribution in [1.29, 1.82) is 0 Å². The van der Waals surface area contributed by atoms with Crippen LogP contribution in [0.1, 0.15) is 23.2 Å². The maximum atomic E-state index is 12.7. The summed E-state index contributed by atoms with van der Waals surface area (Å²) in [5, 5.41) is 0.538. The van der Waals surface area contributed by atoms with Gasteiger partial charge in [0.1, 0.15) is 0 Å². The van der Waals surface area contributed by atoms with Crippen LogP contribution < -0.4 is 5.73 Å². The molecule has 2 aliphatic heterocycles. The monoisotopic (exact) mass is 289 g/mol. The Morgan fingerprint density at radius 2 is 2.10 bits per heavy atom. The van der Waals surface area contributed by atoms with Gasteiger partial charge in [-0.3, -0.25) is 4.79 Å². The molecule has 2 unspecified atom stereocenters. The standard InChI is InChI=1S/C14H15N3O2S/c15-14-16-11-4-1-8(5-12(11)20-14)13(18)17-9-2-3-10(17)7-19-6-9/h1,4-5,9-10H,2-3,6-7H2,(H2,15,16). The summed E-state index contributed by atoms with van der Waals surface area (Å²) < 4.78 is 6.49. The fourth-order valence-corrected chi connectivity index (χ4v) is 3.96. The molecule has 3 heterocycles. The lowest BCUT2D eigenvalue weighted by Gasteiger charge is -2.34. The van der Waals surface area contributed by atoms with Gasteiger partial charge < -0.3 is 15.4 Å². The summed E-state index contributed by atoms with van der Waals surface area (Å²) in [6, 6.07) is 6.10. The van der Waals surface area contributed by atoms with Gasteiger partial charge in [0, 0.05) is 5.56 Å². The van der Waals surface area contributed by atoms with Gasteiger partial charge in [0.2, 0.25) is 0 Å². The van der Waals surface area contributed by atoms with Gasteiger partial charge in [-0.05, 0) is 31.0 Å². The Morgan fingerprint density at radius 3 is 2.85 bits per heavy atom. The molecule has 1 amide bonds. The second-order valence-electron chi connectivity index (χ2n) is 5.37. The van der Waals surface area contributed by atoms with Crippen molar-refractivity contribution in [3.8, 4) is 0 Å². The minimum atomic E-state index is 0.106. The maximum Gasteiger partial charge on any atom is 0.254 e. The topological polar surface area (TPSA) is 68.5 Å². The van der Waals surface area contributed by atoms with E-state index in [1.54, 1.807) is 0 Å². The number of benzene rings is 1. The lowest BCUT2D eigenvalue weighted by Crippen LogP contribution is -2.49. The van der Waals surface area contributed by atoms with E-state index in [1.807, 2.05) is 23.1 Å². The van der Waals surface area contributed by atoms with Gasteiger partial charge in [-0.25, -0.2) is 4.98 Å². The summed E-state index contributed by atoms with van der Waals surface area (Å²) in [7, 11) is 0. The molecule has 20 heavy (non-hydrogen) atoms. The number of anilines is 1. The van der Waals surface area contributed by atoms with Crippen LogP contribution in [0.15, 0.2) is 18.2 Å². The zero-order chi connectivity index (χ0) is 13.7. The SMILES string of the molecule is Nc1nc2ccc(C(=O)N3C4CCC3COC4)cc2s1. The molecule has 0 saturated carbocycles. The predicted molar refractivity (Wildman–Crippen MR) is 77.8 cm³/mol. The van der Waals surface area contributed by atoms with Gasteiger partial charge in [0.15, 0.2) is 5.13 Å². The Kier molecular flexibility index (Phi) is 2.68. The number of nitrogens with zero attached hydrogens (tertiary/aromatic N) is 2. The van der Waals surface area contributed by atoms with E-state index in [1.165, 1.54) is 11.3 Å². The molecule has 6 heteroatoms. The highest BCUT2D eigenvalue weighted by molar-refractivity contribution is 7.22. The van der Waals surface area contributed by atoms with Crippen LogP contribution in [-0.4, -0.2) is 41.1 Å². The molecular weight excluding hydrogens is 274 g/mol. The van der Waals surface area contributed by atoms with Crippen molar-refractivity contribution in [2.45, 2.75) is 24.9 Å². The Bertz CT molecular complexity index is 668. The molecule has 104 valence electrons. The Labute approximate surface area is 120 Å². The average Bonchev–Trinajstić information content (AvgIpc) is 2.93. The van der Waals surface area contributed by atoms with Crippen LogP contribution in [0, 0.1) is 0 Å². The first-order valence-electron chi connectivity index (χ1n) is 6.79. The van der Waals surface area contributed by atoms with E-state index in [4.69, 9.17) is 10.5 Å². The number of carbonyl (C=O) groups excluding carboxylic acids is 1. The molecule has 2 N–H and O–H groups in total. The number of rotatable bonds is 1. The second kappa shape index (κ2) is 4.43. The minimum Gasteiger partial charge on any atom is -0.377 e. The molecule has 0 aliphatic carbocycles. The first kappa shape index (κ1) is 12.1. The van der Waals surface area contributed by atoms with Crippen molar-refractivity contribution in [2.75, 3.05) is 18.9 Å². The molecule has 5 nitrogen and oxygen atoms in total. The number of ether oxygens (including phenoxy) is 1. The molecule has 2 fully saturated rings. The molecule has 2 aliphatic rings. The highest BCUT2D eigenvalue weighted by Gasteiger charge is 2.40. The van der Waals surface area contributed by atoms with E-state index in [-0.39, 0.29) is 18.0 Å². The van der Waals surface area contributed by atoms with Crippen LogP contribution >= 0.6 is 11.3 Å². The second-order valence-corrected chi connectivity index (χ2v) is 6.43. The number of nitrogen functional groups attached to an aromatic ring is 1. The van der Waals surface area contributed by atoms with Gasteiger partial charge in [0.05, 0.1) is 35.5 Å². The van der Waals surface area contributed by atoms with Crippen LogP contribution in [0.5, 0.6) is 0 Å². The predicted octanol–water partition coefficient (Wildman–Crippen LogP) is 1.88. The zero-order valence-electron chi connectivity index (χ0n) is 10.9. The molecule has 2 bridgehead atoms. The van der Waals surface area contributed by atoms with E-state index in [2.05, 4.69) is 4.98 Å². The van der Waals surface area contributed by atoms with Crippen LogP contribution in [-0.2, 0) is 4.74 Å². The number of aromatic nitrogens is 1. The molecule has 4 rings (SSSR count). The van der Waals surface area contributed by atoms with Crippen LogP contribution in [0.4, 0.5) is 5.13 Å². The van der Waals surface area contributed by atoms with E-state index < -0.39 is 0 Å². The summed E-state index contributed by atoms with van der Waals surface area (Å²) in [5.41, 5.74) is 7.29. The molecule has 1 aromatic heterocycles. The molecule has 1 aromatic carbocycles. The smallest absolute Gasteiger partial charge is 0.254 e. The molecular formula is C14H15N3O2S. The Balaban J connectivity index is 1.69. The largest absolute Gasteiger partial charge is 0.377 e. The van der Waals surface area contributed by atoms with Gasteiger partial charge in [0.25, 0.3) is 5.91 Å². The fraction of sp³-hybridized carbons (Fsp3) is 0.429. The average molecular weight is 289 g/mol. The van der Waals surface area contributed by atoms with Gasteiger partial charge in [-0.2, -0.15) is 0 Å². The third kappa shape index (κ3) is 1.79. The highest BCUT2D eigenvalue weighted by Crippen LogP contribution is 2.31. The number of amides is 1. The van der Waals surface area contributed by atoms with Crippen molar-refractivity contribution in [3.05, 3.63) is 23.8 Å². The van der Waals surface area contributed by atoms with Crippen molar-refractivity contribution in [2.24, 2.45) is 0 Å². The number of hydrogen-bond donors (Lipinski definition) is 1. The van der Waals surface area contributed by atoms with Crippen LogP contribution in [0.3, 0.4) is 0 Å². The van der Waals surface area contributed by atoms with E-state index >= 15 is 0 Å². The van der Waals surface area contributed by atoms with Gasteiger partial charge in [-0.15, -0.1) is 0 Å². The maximum absolute atomic E-state index is 12.7. The van der Waals surface area contributed by atoms with Crippen molar-refractivity contribution >= 4 is 32.6 Å². The molecule has 0 radical (unpaired) electrons. The number of thiazole rings is 1. The Morgan fingerprint density at radius 1 is 1.35 bits per heavy atom. The summed E-state index contributed by atoms with van der Waals surface area (Å²) in [5.74, 6) is 0.106. The van der Waals surface area contributed by atoms with Gasteiger partial charge >= 0.3 is 0 Å². The number of carbonyl (C=O) groups is 1. The number of hydrogen-bond acceptors (Lipinski definition) is 5. The van der Waals surface area contributed by atoms with Gasteiger partial charge in [-0.1, -0.05) is 11.3 Å². The lowest BCUT2D eigenvalue weighted by atomic mass is 10.1. The first-order valence-corrected chi connectivity index (χ1v) is 7.60. The number of morpholine rings is 1. The van der Waals surface area contributed by atoms with Crippen molar-refractivity contribution < 1.29 is 9.53 Å². The summed E-state index contributed by atoms with van der Waals surface area (Å²) >= 11 is 1.42. The van der Waals surface area contributed by atoms with Crippen molar-refractivity contribution in [3.63, 3.8) is 0 Å². The van der Waals surface area contributed by atoms with E-state index in [9.17, 15) is 4.79 Å². The molecule has 2 aromatic rings. The normalized spacial score (nSPS) is 25.3. The molecule has 0 spiro atoms. The van der Waals surface area contributed by atoms with E-state index in [0.717, 1.165) is 28.6 Å². The summed E-state index contributed by atoms with van der Waals surface area (Å²) in [6.07, 6.45) is 2.10. The molecule has 2 atom stereocenters. The third-order valence-corrected chi connectivity index (χ3v) is 4.97. The van der Waals surface area contributed by atoms with E-state index in [0.29, 0.717) is 18.3 Å². The summed E-state index contributed by atoms with van der Waals surface area (Å²) in [4.78, 5) is 19.0. The van der Waals surface area contributed by atoms with Crippen LogP contribution in [0.25, 0.3) is 10.2 Å². The Hall–Kier alpha value is -1.66. The lowest BCUT2D eigenvalue weighted by molar-refractivity contribution is -0.00714.